The largest absolute Gasteiger partial charge is 0.381 e. The summed E-state index contributed by atoms with van der Waals surface area (Å²) in [6.07, 6.45) is 2.54. The molecule has 0 aliphatic heterocycles. The Labute approximate surface area is 85.0 Å². The first kappa shape index (κ1) is 12.4. The summed E-state index contributed by atoms with van der Waals surface area (Å²) in [5.74, 6) is 1.36. The molecular formula is C10H21BrO. The number of rotatable bonds is 7. The molecule has 0 aromatic carbocycles. The summed E-state index contributed by atoms with van der Waals surface area (Å²) in [5, 5.41) is 1.04. The van der Waals surface area contributed by atoms with Gasteiger partial charge in [-0.25, -0.2) is 0 Å². The zero-order valence-corrected chi connectivity index (χ0v) is 10.1. The van der Waals surface area contributed by atoms with Crippen LogP contribution in [0.1, 0.15) is 33.6 Å². The fourth-order valence-electron chi connectivity index (χ4n) is 1.09. The second-order valence-electron chi connectivity index (χ2n) is 3.69. The standard InChI is InChI=1S/C10H21BrO/c1-4-5-9(2)7-12-8-10(3)6-11/h9-10H,4-8H2,1-3H3. The number of halogens is 1. The van der Waals surface area contributed by atoms with Crippen LogP contribution in [0.4, 0.5) is 0 Å². The molecule has 74 valence electrons. The van der Waals surface area contributed by atoms with Gasteiger partial charge in [0.25, 0.3) is 0 Å². The molecule has 0 saturated carbocycles. The minimum atomic E-state index is 0.638. The quantitative estimate of drug-likeness (QED) is 0.616. The summed E-state index contributed by atoms with van der Waals surface area (Å²) in [6, 6.07) is 0. The third-order valence-corrected chi connectivity index (χ3v) is 2.95. The van der Waals surface area contributed by atoms with E-state index in [0.717, 1.165) is 24.5 Å². The van der Waals surface area contributed by atoms with Crippen molar-refractivity contribution in [3.8, 4) is 0 Å². The van der Waals surface area contributed by atoms with Crippen LogP contribution in [0, 0.1) is 11.8 Å². The summed E-state index contributed by atoms with van der Waals surface area (Å²) in [6.45, 7) is 8.48. The van der Waals surface area contributed by atoms with Crippen LogP contribution < -0.4 is 0 Å². The normalized spacial score (nSPS) is 16.0. The fraction of sp³-hybridized carbons (Fsp3) is 1.00. The molecule has 0 heterocycles. The monoisotopic (exact) mass is 236 g/mol. The van der Waals surface area contributed by atoms with E-state index in [4.69, 9.17) is 4.74 Å². The van der Waals surface area contributed by atoms with Crippen molar-refractivity contribution in [3.05, 3.63) is 0 Å². The molecule has 0 fully saturated rings. The number of ether oxygens (including phenoxy) is 1. The van der Waals surface area contributed by atoms with Gasteiger partial charge in [0.1, 0.15) is 0 Å². The summed E-state index contributed by atoms with van der Waals surface area (Å²) in [4.78, 5) is 0. The van der Waals surface area contributed by atoms with E-state index in [-0.39, 0.29) is 0 Å². The van der Waals surface area contributed by atoms with Gasteiger partial charge in [0.2, 0.25) is 0 Å². The Morgan fingerprint density at radius 3 is 2.25 bits per heavy atom. The van der Waals surface area contributed by atoms with Crippen LogP contribution in [0.2, 0.25) is 0 Å². The smallest absolute Gasteiger partial charge is 0.0499 e. The van der Waals surface area contributed by atoms with Crippen LogP contribution in [0.5, 0.6) is 0 Å². The van der Waals surface area contributed by atoms with Gasteiger partial charge in [-0.05, 0) is 18.3 Å². The van der Waals surface area contributed by atoms with E-state index in [0.29, 0.717) is 5.92 Å². The second-order valence-corrected chi connectivity index (χ2v) is 4.34. The van der Waals surface area contributed by atoms with Gasteiger partial charge in [0.05, 0.1) is 0 Å². The van der Waals surface area contributed by atoms with Gasteiger partial charge in [-0.15, -0.1) is 0 Å². The van der Waals surface area contributed by atoms with Crippen LogP contribution in [-0.2, 0) is 4.74 Å². The molecule has 0 aromatic heterocycles. The third-order valence-electron chi connectivity index (χ3n) is 1.85. The highest BCUT2D eigenvalue weighted by Gasteiger charge is 2.03. The van der Waals surface area contributed by atoms with E-state index < -0.39 is 0 Å². The molecule has 0 spiro atoms. The summed E-state index contributed by atoms with van der Waals surface area (Å²) >= 11 is 3.43. The molecule has 0 saturated heterocycles. The van der Waals surface area contributed by atoms with E-state index >= 15 is 0 Å². The number of hydrogen-bond donors (Lipinski definition) is 0. The van der Waals surface area contributed by atoms with Crippen LogP contribution in [0.15, 0.2) is 0 Å². The number of hydrogen-bond acceptors (Lipinski definition) is 1. The van der Waals surface area contributed by atoms with Crippen molar-refractivity contribution in [3.63, 3.8) is 0 Å². The Hall–Kier alpha value is 0.440. The Kier molecular flexibility index (Phi) is 8.35. The first-order chi connectivity index (χ1) is 5.70. The lowest BCUT2D eigenvalue weighted by molar-refractivity contribution is 0.0829. The fourth-order valence-corrected chi connectivity index (χ4v) is 1.28. The lowest BCUT2D eigenvalue weighted by Gasteiger charge is -2.12. The van der Waals surface area contributed by atoms with Crippen LogP contribution in [0.3, 0.4) is 0 Å². The zero-order chi connectivity index (χ0) is 9.40. The lowest BCUT2D eigenvalue weighted by atomic mass is 10.1. The van der Waals surface area contributed by atoms with Crippen molar-refractivity contribution in [2.45, 2.75) is 33.6 Å². The van der Waals surface area contributed by atoms with Crippen molar-refractivity contribution < 1.29 is 4.74 Å². The maximum atomic E-state index is 5.57. The predicted molar refractivity (Wildman–Crippen MR) is 57.8 cm³/mol. The highest BCUT2D eigenvalue weighted by atomic mass is 79.9. The van der Waals surface area contributed by atoms with E-state index in [1.54, 1.807) is 0 Å². The van der Waals surface area contributed by atoms with E-state index in [9.17, 15) is 0 Å². The van der Waals surface area contributed by atoms with Gasteiger partial charge < -0.3 is 4.74 Å². The van der Waals surface area contributed by atoms with Crippen LogP contribution in [-0.4, -0.2) is 18.5 Å². The maximum absolute atomic E-state index is 5.57. The molecular weight excluding hydrogens is 216 g/mol. The Bertz CT molecular complexity index is 95.8. The SMILES string of the molecule is CCCC(C)COCC(C)CBr. The molecule has 2 unspecified atom stereocenters. The van der Waals surface area contributed by atoms with Crippen molar-refractivity contribution in [2.24, 2.45) is 11.8 Å². The third kappa shape index (κ3) is 7.11. The van der Waals surface area contributed by atoms with Gasteiger partial charge >= 0.3 is 0 Å². The van der Waals surface area contributed by atoms with Gasteiger partial charge in [-0.3, -0.25) is 0 Å². The average Bonchev–Trinajstić information content (AvgIpc) is 2.04. The summed E-state index contributed by atoms with van der Waals surface area (Å²) < 4.78 is 5.57. The van der Waals surface area contributed by atoms with Crippen molar-refractivity contribution >= 4 is 15.9 Å². The molecule has 2 heteroatoms. The lowest BCUT2D eigenvalue weighted by Crippen LogP contribution is -2.12. The predicted octanol–water partition coefficient (Wildman–Crippen LogP) is 3.47. The van der Waals surface area contributed by atoms with E-state index in [1.807, 2.05) is 0 Å². The highest BCUT2D eigenvalue weighted by Crippen LogP contribution is 2.07. The molecule has 0 aliphatic rings. The van der Waals surface area contributed by atoms with E-state index in [1.165, 1.54) is 12.8 Å². The van der Waals surface area contributed by atoms with E-state index in [2.05, 4.69) is 36.7 Å². The molecule has 0 radical (unpaired) electrons. The average molecular weight is 237 g/mol. The second kappa shape index (κ2) is 8.06. The van der Waals surface area contributed by atoms with Crippen LogP contribution >= 0.6 is 15.9 Å². The Morgan fingerprint density at radius 1 is 1.17 bits per heavy atom. The molecule has 2 atom stereocenters. The van der Waals surface area contributed by atoms with Gasteiger partial charge in [0.15, 0.2) is 0 Å². The van der Waals surface area contributed by atoms with Crippen LogP contribution in [0.25, 0.3) is 0 Å². The van der Waals surface area contributed by atoms with Crippen molar-refractivity contribution in [2.75, 3.05) is 18.5 Å². The molecule has 12 heavy (non-hydrogen) atoms. The molecule has 0 bridgehead atoms. The van der Waals surface area contributed by atoms with Crippen molar-refractivity contribution in [1.29, 1.82) is 0 Å². The zero-order valence-electron chi connectivity index (χ0n) is 8.48. The Balaban J connectivity index is 3.18. The minimum Gasteiger partial charge on any atom is -0.381 e. The Morgan fingerprint density at radius 2 is 1.75 bits per heavy atom. The minimum absolute atomic E-state index is 0.638. The topological polar surface area (TPSA) is 9.23 Å². The molecule has 1 nitrogen and oxygen atoms in total. The first-order valence-electron chi connectivity index (χ1n) is 4.84. The summed E-state index contributed by atoms with van der Waals surface area (Å²) in [5.41, 5.74) is 0. The molecule has 0 N–H and O–H groups in total. The maximum Gasteiger partial charge on any atom is 0.0499 e. The van der Waals surface area contributed by atoms with Gasteiger partial charge in [0, 0.05) is 18.5 Å². The molecule has 0 amide bonds. The van der Waals surface area contributed by atoms with Gasteiger partial charge in [-0.2, -0.15) is 0 Å². The number of alkyl halides is 1. The molecule has 0 aliphatic carbocycles. The highest BCUT2D eigenvalue weighted by molar-refractivity contribution is 9.09. The summed E-state index contributed by atoms with van der Waals surface area (Å²) in [7, 11) is 0. The first-order valence-corrected chi connectivity index (χ1v) is 5.96. The molecule has 0 aromatic rings. The van der Waals surface area contributed by atoms with Crippen molar-refractivity contribution in [1.82, 2.24) is 0 Å². The van der Waals surface area contributed by atoms with Gasteiger partial charge in [-0.1, -0.05) is 43.1 Å². The molecule has 0 rings (SSSR count).